The molecule has 1 saturated heterocycles. The Morgan fingerprint density at radius 3 is 2.45 bits per heavy atom. The highest BCUT2D eigenvalue weighted by atomic mass is 32.2. The monoisotopic (exact) mass is 477 g/mol. The molecule has 174 valence electrons. The Balaban J connectivity index is 1.61. The first-order chi connectivity index (χ1) is 15.5. The Morgan fingerprint density at radius 2 is 1.82 bits per heavy atom. The number of carbonyl (C=O) groups excluding carboxylic acids is 1. The van der Waals surface area contributed by atoms with Crippen LogP contribution in [0.15, 0.2) is 65.1 Å². The van der Waals surface area contributed by atoms with Crippen molar-refractivity contribution in [3.05, 3.63) is 83.1 Å². The van der Waals surface area contributed by atoms with Gasteiger partial charge in [0.05, 0.1) is 23.6 Å². The molecule has 5 nitrogen and oxygen atoms in total. The van der Waals surface area contributed by atoms with Gasteiger partial charge in [0.15, 0.2) is 9.84 Å². The van der Waals surface area contributed by atoms with E-state index < -0.39 is 27.6 Å². The Hall–Kier alpha value is -3.07. The van der Waals surface area contributed by atoms with Crippen molar-refractivity contribution in [1.82, 2.24) is 4.90 Å². The number of amides is 1. The van der Waals surface area contributed by atoms with Crippen molar-refractivity contribution in [2.75, 3.05) is 11.5 Å². The van der Waals surface area contributed by atoms with Gasteiger partial charge in [-0.1, -0.05) is 29.8 Å². The van der Waals surface area contributed by atoms with Gasteiger partial charge in [0.25, 0.3) is 5.91 Å². The van der Waals surface area contributed by atoms with Crippen LogP contribution < -0.4 is 0 Å². The van der Waals surface area contributed by atoms with Crippen LogP contribution in [0.4, 0.5) is 13.2 Å². The zero-order chi connectivity index (χ0) is 23.8. The van der Waals surface area contributed by atoms with Crippen LogP contribution in [0.25, 0.3) is 11.3 Å². The van der Waals surface area contributed by atoms with Crippen LogP contribution in [0.5, 0.6) is 0 Å². The molecule has 1 aromatic heterocycles. The average Bonchev–Trinajstić information content (AvgIpc) is 3.37. The lowest BCUT2D eigenvalue weighted by Gasteiger charge is -2.27. The molecule has 1 aliphatic rings. The first-order valence-electron chi connectivity index (χ1n) is 10.4. The Morgan fingerprint density at radius 1 is 1.09 bits per heavy atom. The summed E-state index contributed by atoms with van der Waals surface area (Å²) < 4.78 is 69.0. The van der Waals surface area contributed by atoms with Gasteiger partial charge in [-0.2, -0.15) is 13.2 Å². The summed E-state index contributed by atoms with van der Waals surface area (Å²) >= 11 is 0. The van der Waals surface area contributed by atoms with E-state index in [1.54, 1.807) is 36.4 Å². The van der Waals surface area contributed by atoms with Crippen molar-refractivity contribution >= 4 is 15.7 Å². The molecular formula is C24H22F3NO4S. The van der Waals surface area contributed by atoms with Crippen LogP contribution in [-0.2, 0) is 22.6 Å². The van der Waals surface area contributed by atoms with Crippen LogP contribution in [0.2, 0.25) is 0 Å². The summed E-state index contributed by atoms with van der Waals surface area (Å²) in [6.07, 6.45) is -4.15. The van der Waals surface area contributed by atoms with Crippen LogP contribution >= 0.6 is 0 Å². The first-order valence-corrected chi connectivity index (χ1v) is 12.2. The molecule has 2 aromatic carbocycles. The molecule has 3 aromatic rings. The molecular weight excluding hydrogens is 455 g/mol. The number of sulfone groups is 1. The average molecular weight is 478 g/mol. The fourth-order valence-electron chi connectivity index (χ4n) is 3.88. The Bertz CT molecular complexity index is 1260. The molecule has 1 unspecified atom stereocenters. The van der Waals surface area contributed by atoms with Crippen LogP contribution in [0.3, 0.4) is 0 Å². The molecule has 0 N–H and O–H groups in total. The smallest absolute Gasteiger partial charge is 0.416 e. The van der Waals surface area contributed by atoms with Gasteiger partial charge in [-0.15, -0.1) is 0 Å². The molecule has 1 amide bonds. The molecule has 0 bridgehead atoms. The van der Waals surface area contributed by atoms with E-state index in [4.69, 9.17) is 4.42 Å². The van der Waals surface area contributed by atoms with Crippen molar-refractivity contribution in [3.63, 3.8) is 0 Å². The molecule has 0 aliphatic carbocycles. The van der Waals surface area contributed by atoms with E-state index in [-0.39, 0.29) is 35.3 Å². The predicted octanol–water partition coefficient (Wildman–Crippen LogP) is 5.10. The number of nitrogens with zero attached hydrogens (tertiary/aromatic N) is 1. The van der Waals surface area contributed by atoms with E-state index in [1.165, 1.54) is 17.0 Å². The zero-order valence-corrected chi connectivity index (χ0v) is 18.6. The lowest BCUT2D eigenvalue weighted by Crippen LogP contribution is -2.40. The van der Waals surface area contributed by atoms with E-state index in [0.29, 0.717) is 17.7 Å². The fraction of sp³-hybridized carbons (Fsp3) is 0.292. The summed E-state index contributed by atoms with van der Waals surface area (Å²) in [5.41, 5.74) is 0.883. The van der Waals surface area contributed by atoms with Crippen molar-refractivity contribution < 1.29 is 30.8 Å². The van der Waals surface area contributed by atoms with Crippen LogP contribution in [-0.4, -0.2) is 36.8 Å². The van der Waals surface area contributed by atoms with Crippen LogP contribution in [0, 0.1) is 6.92 Å². The van der Waals surface area contributed by atoms with E-state index in [9.17, 15) is 26.4 Å². The van der Waals surface area contributed by atoms with Crippen molar-refractivity contribution in [3.8, 4) is 11.3 Å². The number of alkyl halides is 3. The number of furan rings is 1. The summed E-state index contributed by atoms with van der Waals surface area (Å²) in [6.45, 7) is 1.90. The largest absolute Gasteiger partial charge is 0.459 e. The maximum Gasteiger partial charge on any atom is 0.416 e. The van der Waals surface area contributed by atoms with Gasteiger partial charge in [-0.3, -0.25) is 4.79 Å². The second-order valence-corrected chi connectivity index (χ2v) is 10.4. The molecule has 4 rings (SSSR count). The molecule has 1 aliphatic heterocycles. The molecule has 1 atom stereocenters. The van der Waals surface area contributed by atoms with Gasteiger partial charge in [-0.25, -0.2) is 8.42 Å². The van der Waals surface area contributed by atoms with E-state index in [0.717, 1.165) is 17.7 Å². The van der Waals surface area contributed by atoms with E-state index >= 15 is 0 Å². The third kappa shape index (κ3) is 5.30. The normalized spacial score (nSPS) is 17.8. The third-order valence-electron chi connectivity index (χ3n) is 5.67. The molecule has 0 saturated carbocycles. The number of carbonyl (C=O) groups is 1. The molecule has 1 fully saturated rings. The third-order valence-corrected chi connectivity index (χ3v) is 7.42. The number of halogens is 3. The maximum absolute atomic E-state index is 13.3. The highest BCUT2D eigenvalue weighted by Gasteiger charge is 2.35. The number of aryl methyl sites for hydroxylation is 1. The quantitative estimate of drug-likeness (QED) is 0.513. The minimum absolute atomic E-state index is 0.00296. The topological polar surface area (TPSA) is 67.6 Å². The number of hydrogen-bond acceptors (Lipinski definition) is 4. The lowest BCUT2D eigenvalue weighted by molar-refractivity contribution is -0.137. The molecule has 9 heteroatoms. The molecule has 33 heavy (non-hydrogen) atoms. The Kier molecular flexibility index (Phi) is 6.09. The fourth-order valence-corrected chi connectivity index (χ4v) is 5.62. The summed E-state index contributed by atoms with van der Waals surface area (Å²) in [4.78, 5) is 14.7. The minimum atomic E-state index is -4.48. The van der Waals surface area contributed by atoms with Gasteiger partial charge in [0, 0.05) is 17.2 Å². The number of hydrogen-bond donors (Lipinski definition) is 0. The van der Waals surface area contributed by atoms with Gasteiger partial charge in [0.1, 0.15) is 11.5 Å². The van der Waals surface area contributed by atoms with Crippen molar-refractivity contribution in [2.24, 2.45) is 0 Å². The number of benzene rings is 2. The second-order valence-electron chi connectivity index (χ2n) is 8.20. The molecule has 2 heterocycles. The van der Waals surface area contributed by atoms with Crippen LogP contribution in [0.1, 0.15) is 33.7 Å². The highest BCUT2D eigenvalue weighted by molar-refractivity contribution is 7.91. The summed E-state index contributed by atoms with van der Waals surface area (Å²) in [5, 5.41) is 0. The Labute approximate surface area is 189 Å². The van der Waals surface area contributed by atoms with Gasteiger partial charge in [0.2, 0.25) is 0 Å². The van der Waals surface area contributed by atoms with E-state index in [1.807, 2.05) is 6.92 Å². The molecule has 0 spiro atoms. The zero-order valence-electron chi connectivity index (χ0n) is 17.8. The lowest BCUT2D eigenvalue weighted by atomic mass is 10.1. The standard InChI is InChI=1S/C24H22F3NO4S/c1-16-5-7-17(8-6-16)23(29)28(20-11-12-33(30,31)15-20)14-21-9-10-22(32-21)18-3-2-4-19(13-18)24(25,26)27/h2-10,13,20H,11-12,14-15H2,1H3. The minimum Gasteiger partial charge on any atom is -0.459 e. The summed E-state index contributed by atoms with van der Waals surface area (Å²) in [6, 6.07) is 14.4. The summed E-state index contributed by atoms with van der Waals surface area (Å²) in [5.74, 6) is 0.133. The number of rotatable bonds is 5. The predicted molar refractivity (Wildman–Crippen MR) is 117 cm³/mol. The van der Waals surface area contributed by atoms with Crippen molar-refractivity contribution in [1.29, 1.82) is 0 Å². The van der Waals surface area contributed by atoms with Gasteiger partial charge in [-0.05, 0) is 49.7 Å². The van der Waals surface area contributed by atoms with Crippen molar-refractivity contribution in [2.45, 2.75) is 32.1 Å². The summed E-state index contributed by atoms with van der Waals surface area (Å²) in [7, 11) is -3.24. The van der Waals surface area contributed by atoms with Gasteiger partial charge >= 0.3 is 6.18 Å². The van der Waals surface area contributed by atoms with E-state index in [2.05, 4.69) is 0 Å². The first kappa shape index (κ1) is 23.1. The highest BCUT2D eigenvalue weighted by Crippen LogP contribution is 2.33. The molecule has 0 radical (unpaired) electrons. The second kappa shape index (κ2) is 8.70. The van der Waals surface area contributed by atoms with Gasteiger partial charge < -0.3 is 9.32 Å². The maximum atomic E-state index is 13.3. The SMILES string of the molecule is Cc1ccc(C(=O)N(Cc2ccc(-c3cccc(C(F)(F)F)c3)o2)C2CCS(=O)(=O)C2)cc1.